The summed E-state index contributed by atoms with van der Waals surface area (Å²) >= 11 is 0. The van der Waals surface area contributed by atoms with E-state index in [0.29, 0.717) is 19.3 Å². The lowest BCUT2D eigenvalue weighted by atomic mass is 10.0. The lowest BCUT2D eigenvalue weighted by Crippen LogP contribution is -2.46. The molecule has 3 unspecified atom stereocenters. The van der Waals surface area contributed by atoms with Crippen LogP contribution in [0, 0.1) is 0 Å². The van der Waals surface area contributed by atoms with Gasteiger partial charge in [0.1, 0.15) is 6.10 Å². The number of rotatable bonds is 49. The molecule has 64 heavy (non-hydrogen) atoms. The normalized spacial score (nSPS) is 13.6. The van der Waals surface area contributed by atoms with Crippen LogP contribution in [0.5, 0.6) is 0 Å². The third kappa shape index (κ3) is 46.1. The monoisotopic (exact) mass is 896 g/mol. The number of amides is 1. The molecule has 6 nitrogen and oxygen atoms in total. The summed E-state index contributed by atoms with van der Waals surface area (Å²) in [4.78, 5) is 26.1. The number of aliphatic hydroxyl groups excluding tert-OH is 2. The molecule has 0 fully saturated rings. The average molecular weight is 896 g/mol. The highest BCUT2D eigenvalue weighted by Crippen LogP contribution is 2.18. The Hall–Kier alpha value is -2.44. The van der Waals surface area contributed by atoms with E-state index in [1.807, 2.05) is 54.7 Å². The van der Waals surface area contributed by atoms with Crippen molar-refractivity contribution < 1.29 is 24.5 Å². The maximum absolute atomic E-state index is 13.2. The van der Waals surface area contributed by atoms with Gasteiger partial charge in [0.25, 0.3) is 0 Å². The molecule has 1 amide bonds. The van der Waals surface area contributed by atoms with Crippen molar-refractivity contribution in [3.05, 3.63) is 60.8 Å². The molecule has 0 radical (unpaired) electrons. The number of allylic oxidation sites excluding steroid dienone is 9. The maximum atomic E-state index is 13.2. The molecule has 0 spiro atoms. The van der Waals surface area contributed by atoms with Crippen molar-refractivity contribution in [2.45, 2.75) is 289 Å². The zero-order valence-electron chi connectivity index (χ0n) is 42.4. The van der Waals surface area contributed by atoms with E-state index < -0.39 is 18.2 Å². The number of carbonyl (C=O) groups is 2. The molecular formula is C58H105NO5. The van der Waals surface area contributed by atoms with Gasteiger partial charge in [-0.3, -0.25) is 9.59 Å². The quantitative estimate of drug-likeness (QED) is 0.0321. The highest BCUT2D eigenvalue weighted by atomic mass is 16.5. The smallest absolute Gasteiger partial charge is 0.306 e. The highest BCUT2D eigenvalue weighted by Gasteiger charge is 2.23. The Morgan fingerprint density at radius 3 is 1.19 bits per heavy atom. The molecule has 0 aromatic carbocycles. The van der Waals surface area contributed by atoms with E-state index in [2.05, 4.69) is 32.2 Å². The van der Waals surface area contributed by atoms with E-state index in [4.69, 9.17) is 4.74 Å². The van der Waals surface area contributed by atoms with E-state index in [-0.39, 0.29) is 24.9 Å². The molecule has 3 N–H and O–H groups in total. The van der Waals surface area contributed by atoms with Crippen LogP contribution >= 0.6 is 0 Å². The van der Waals surface area contributed by atoms with Crippen molar-refractivity contribution >= 4 is 11.9 Å². The van der Waals surface area contributed by atoms with E-state index in [9.17, 15) is 19.8 Å². The van der Waals surface area contributed by atoms with Crippen molar-refractivity contribution in [2.24, 2.45) is 0 Å². The van der Waals surface area contributed by atoms with Gasteiger partial charge in [0.05, 0.1) is 25.2 Å². The van der Waals surface area contributed by atoms with Crippen molar-refractivity contribution in [1.82, 2.24) is 5.32 Å². The molecule has 0 saturated heterocycles. The summed E-state index contributed by atoms with van der Waals surface area (Å²) in [6.45, 7) is 6.33. The fourth-order valence-electron chi connectivity index (χ4n) is 8.34. The summed E-state index contributed by atoms with van der Waals surface area (Å²) < 4.78 is 5.85. The summed E-state index contributed by atoms with van der Waals surface area (Å²) in [5.74, 6) is -0.598. The molecule has 0 aliphatic rings. The van der Waals surface area contributed by atoms with Crippen LogP contribution in [0.4, 0.5) is 0 Å². The Kier molecular flexibility index (Phi) is 49.6. The first-order valence-corrected chi connectivity index (χ1v) is 27.6. The first-order valence-electron chi connectivity index (χ1n) is 27.6. The maximum Gasteiger partial charge on any atom is 0.306 e. The molecule has 372 valence electrons. The van der Waals surface area contributed by atoms with Gasteiger partial charge in [0.2, 0.25) is 5.91 Å². The molecule has 0 saturated carbocycles. The van der Waals surface area contributed by atoms with Gasteiger partial charge in [0.15, 0.2) is 0 Å². The van der Waals surface area contributed by atoms with Crippen LogP contribution < -0.4 is 5.32 Å². The molecule has 0 aromatic heterocycles. The molecular weight excluding hydrogens is 791 g/mol. The predicted molar refractivity (Wildman–Crippen MR) is 278 cm³/mol. The summed E-state index contributed by atoms with van der Waals surface area (Å²) in [6.07, 6.45) is 64.6. The average Bonchev–Trinajstić information content (AvgIpc) is 3.29. The van der Waals surface area contributed by atoms with E-state index in [1.165, 1.54) is 180 Å². The number of hydrogen-bond donors (Lipinski definition) is 3. The minimum Gasteiger partial charge on any atom is -0.461 e. The summed E-state index contributed by atoms with van der Waals surface area (Å²) in [5.41, 5.74) is 0. The van der Waals surface area contributed by atoms with Gasteiger partial charge in [-0.2, -0.15) is 0 Å². The van der Waals surface area contributed by atoms with Crippen molar-refractivity contribution in [3.8, 4) is 0 Å². The second-order valence-electron chi connectivity index (χ2n) is 18.7. The fourth-order valence-corrected chi connectivity index (χ4v) is 8.34. The lowest BCUT2D eigenvalue weighted by molar-refractivity contribution is -0.150. The second kappa shape index (κ2) is 51.5. The second-order valence-corrected chi connectivity index (χ2v) is 18.7. The largest absolute Gasteiger partial charge is 0.461 e. The van der Waals surface area contributed by atoms with E-state index in [0.717, 1.165) is 44.9 Å². The zero-order valence-corrected chi connectivity index (χ0v) is 42.4. The van der Waals surface area contributed by atoms with Crippen LogP contribution in [0.25, 0.3) is 0 Å². The summed E-state index contributed by atoms with van der Waals surface area (Å²) in [5, 5.41) is 23.8. The SMILES string of the molecule is CC/C=C/C=C/C=C\C=C/C=C/CC(CC(=O)NC(CO)C(O)CCCCCCCCCCCCCCCCCCC)OC(=O)CCCCCCCCCCCCCCCCCCC. The first kappa shape index (κ1) is 61.6. The number of esters is 1. The Labute approximate surface area is 397 Å². The number of hydrogen-bond acceptors (Lipinski definition) is 5. The van der Waals surface area contributed by atoms with Gasteiger partial charge in [-0.05, 0) is 19.3 Å². The Morgan fingerprint density at radius 2 is 0.812 bits per heavy atom. The van der Waals surface area contributed by atoms with Gasteiger partial charge in [0, 0.05) is 12.8 Å². The number of ether oxygens (including phenoxy) is 1. The molecule has 0 heterocycles. The molecule has 0 aromatic rings. The minimum atomic E-state index is -0.818. The molecule has 3 atom stereocenters. The van der Waals surface area contributed by atoms with Crippen LogP contribution in [0.15, 0.2) is 60.8 Å². The van der Waals surface area contributed by atoms with Gasteiger partial charge >= 0.3 is 5.97 Å². The van der Waals surface area contributed by atoms with E-state index in [1.54, 1.807) is 0 Å². The Balaban J connectivity index is 4.53. The molecule has 0 rings (SSSR count). The van der Waals surface area contributed by atoms with Crippen LogP contribution in [-0.2, 0) is 14.3 Å². The summed E-state index contributed by atoms with van der Waals surface area (Å²) in [6, 6.07) is -0.739. The topological polar surface area (TPSA) is 95.9 Å². The van der Waals surface area contributed by atoms with Crippen LogP contribution in [0.1, 0.15) is 271 Å². The van der Waals surface area contributed by atoms with Crippen molar-refractivity contribution in [1.29, 1.82) is 0 Å². The van der Waals surface area contributed by atoms with E-state index >= 15 is 0 Å². The van der Waals surface area contributed by atoms with Crippen molar-refractivity contribution in [3.63, 3.8) is 0 Å². The van der Waals surface area contributed by atoms with Gasteiger partial charge in [-0.25, -0.2) is 0 Å². The number of unbranched alkanes of at least 4 members (excludes halogenated alkanes) is 32. The number of aliphatic hydroxyl groups is 2. The lowest BCUT2D eigenvalue weighted by Gasteiger charge is -2.24. The van der Waals surface area contributed by atoms with Gasteiger partial charge in [-0.1, -0.05) is 293 Å². The van der Waals surface area contributed by atoms with Crippen LogP contribution in [0.3, 0.4) is 0 Å². The Bertz CT molecular complexity index is 1140. The highest BCUT2D eigenvalue weighted by molar-refractivity contribution is 5.77. The van der Waals surface area contributed by atoms with Crippen LogP contribution in [0.2, 0.25) is 0 Å². The summed E-state index contributed by atoms with van der Waals surface area (Å²) in [7, 11) is 0. The van der Waals surface area contributed by atoms with Crippen LogP contribution in [-0.4, -0.2) is 46.9 Å². The third-order valence-corrected chi connectivity index (χ3v) is 12.5. The first-order chi connectivity index (χ1) is 31.5. The number of nitrogens with one attached hydrogen (secondary N) is 1. The number of carbonyl (C=O) groups excluding carboxylic acids is 2. The standard InChI is InChI=1S/C58H105NO5/c1-4-7-10-13-16-19-22-24-26-28-30-32-35-38-41-44-47-50-56(61)55(53-60)59-57(62)52-54(49-46-43-40-37-34-21-18-15-12-9-6-3)64-58(63)51-48-45-42-39-36-33-31-29-27-25-23-20-17-14-11-8-5-2/h9,12,15,18,21,34,37,40,43,46,54-56,60-61H,4-8,10-11,13-14,16-17,19-20,22-33,35-36,38-39,41-42,44-45,47-53H2,1-3H3,(H,59,62)/b12-9+,18-15+,34-21-,40-37-,46-43+. The third-order valence-electron chi connectivity index (χ3n) is 12.5. The molecule has 0 aliphatic heterocycles. The molecule has 0 aliphatic carbocycles. The Morgan fingerprint density at radius 1 is 0.469 bits per heavy atom. The molecule has 0 bridgehead atoms. The van der Waals surface area contributed by atoms with Gasteiger partial charge < -0.3 is 20.3 Å². The van der Waals surface area contributed by atoms with Crippen molar-refractivity contribution in [2.75, 3.05) is 6.61 Å². The predicted octanol–water partition coefficient (Wildman–Crippen LogP) is 16.8. The fraction of sp³-hybridized carbons (Fsp3) is 0.793. The zero-order chi connectivity index (χ0) is 46.7. The van der Waals surface area contributed by atoms with Gasteiger partial charge in [-0.15, -0.1) is 0 Å². The molecule has 6 heteroatoms. The minimum absolute atomic E-state index is 0.0167.